The van der Waals surface area contributed by atoms with Crippen molar-refractivity contribution in [3.63, 3.8) is 0 Å². The largest absolute Gasteiger partial charge is 0.296 e. The van der Waals surface area contributed by atoms with Crippen molar-refractivity contribution in [2.75, 3.05) is 0 Å². The van der Waals surface area contributed by atoms with E-state index < -0.39 is 10.3 Å². The summed E-state index contributed by atoms with van der Waals surface area (Å²) in [5, 5.41) is 0. The highest BCUT2D eigenvalue weighted by Crippen LogP contribution is 1.92. The highest BCUT2D eigenvalue weighted by molar-refractivity contribution is 7.71. The molecule has 0 saturated heterocycles. The highest BCUT2D eigenvalue weighted by Gasteiger charge is 1.72. The zero-order valence-corrected chi connectivity index (χ0v) is 7.58. The summed E-state index contributed by atoms with van der Waals surface area (Å²) in [5.74, 6) is 0. The molecule has 0 heterocycles. The van der Waals surface area contributed by atoms with Crippen molar-refractivity contribution in [3.05, 3.63) is 35.9 Å². The smallest absolute Gasteiger partial charge is 0.224 e. The van der Waals surface area contributed by atoms with Crippen LogP contribution in [0.4, 0.5) is 0 Å². The van der Waals surface area contributed by atoms with Gasteiger partial charge in [0.15, 0.2) is 0 Å². The molecule has 0 bridgehead atoms. The molecule has 1 aromatic rings. The van der Waals surface area contributed by atoms with E-state index >= 15 is 0 Å². The first-order valence-electron chi connectivity index (χ1n) is 3.31. The van der Waals surface area contributed by atoms with Crippen LogP contribution in [0.25, 0.3) is 0 Å². The van der Waals surface area contributed by atoms with Gasteiger partial charge in [0.1, 0.15) is 0 Å². The fourth-order valence-electron chi connectivity index (χ4n) is 0.534. The lowest BCUT2D eigenvalue weighted by Crippen LogP contribution is -1.87. The molecule has 0 amide bonds. The average Bonchev–Trinajstić information content (AvgIpc) is 2.07. The van der Waals surface area contributed by atoms with Gasteiger partial charge in [0.2, 0.25) is 10.3 Å². The Labute approximate surface area is 73.4 Å². The Hall–Kier alpha value is -1.13. The molecule has 0 aliphatic rings. The summed E-state index contributed by atoms with van der Waals surface area (Å²) in [6.45, 7) is 2.08. The normalized spacial score (nSPS) is 7.83. The molecule has 0 radical (unpaired) electrons. The molecule has 0 spiro atoms. The van der Waals surface area contributed by atoms with Crippen molar-refractivity contribution >= 4 is 15.8 Å². The van der Waals surface area contributed by atoms with Gasteiger partial charge in [0, 0.05) is 0 Å². The lowest BCUT2D eigenvalue weighted by Gasteiger charge is -1.82. The molecule has 0 atom stereocenters. The SMILES string of the molecule is Cc1ccccc1.NC=S(=O)=O. The van der Waals surface area contributed by atoms with Gasteiger partial charge in [0.05, 0.1) is 5.49 Å². The first-order valence-corrected chi connectivity index (χ1v) is 4.45. The quantitative estimate of drug-likeness (QED) is 0.601. The van der Waals surface area contributed by atoms with E-state index in [2.05, 4.69) is 24.8 Å². The van der Waals surface area contributed by atoms with E-state index in [9.17, 15) is 8.42 Å². The number of hydrogen-bond acceptors (Lipinski definition) is 2. The standard InChI is InChI=1S/C7H8.CH3NO2S/c1-7-5-3-2-4-6-7;2-1-5(3)4/h2-6H,1H3;1H,2H2. The molecule has 0 fully saturated rings. The van der Waals surface area contributed by atoms with Crippen LogP contribution >= 0.6 is 0 Å². The van der Waals surface area contributed by atoms with Crippen LogP contribution in [0.3, 0.4) is 0 Å². The Morgan fingerprint density at radius 3 is 1.83 bits per heavy atom. The van der Waals surface area contributed by atoms with Gasteiger partial charge in [0.25, 0.3) is 0 Å². The molecule has 0 unspecified atom stereocenters. The third kappa shape index (κ3) is 6.98. The van der Waals surface area contributed by atoms with Crippen LogP contribution in [0.1, 0.15) is 5.56 Å². The Balaban J connectivity index is 0.000000217. The summed E-state index contributed by atoms with van der Waals surface area (Å²) < 4.78 is 18.4. The van der Waals surface area contributed by atoms with Crippen molar-refractivity contribution in [2.45, 2.75) is 6.92 Å². The fourth-order valence-corrected chi connectivity index (χ4v) is 0.534. The molecule has 0 aliphatic carbocycles. The van der Waals surface area contributed by atoms with E-state index in [1.54, 1.807) is 0 Å². The van der Waals surface area contributed by atoms with Crippen LogP contribution in [0.5, 0.6) is 0 Å². The van der Waals surface area contributed by atoms with Crippen molar-refractivity contribution in [1.29, 1.82) is 0 Å². The minimum atomic E-state index is -2.17. The van der Waals surface area contributed by atoms with Crippen LogP contribution in [0, 0.1) is 6.92 Å². The third-order valence-corrected chi connectivity index (χ3v) is 1.27. The van der Waals surface area contributed by atoms with E-state index in [0.717, 1.165) is 0 Å². The molecular formula is C8H11NO2S. The predicted molar refractivity (Wildman–Crippen MR) is 50.4 cm³/mol. The molecule has 1 rings (SSSR count). The third-order valence-electron chi connectivity index (χ3n) is 1.05. The summed E-state index contributed by atoms with van der Waals surface area (Å²) in [4.78, 5) is 0. The zero-order valence-electron chi connectivity index (χ0n) is 6.77. The molecule has 0 aromatic heterocycles. The number of benzene rings is 1. The lowest BCUT2D eigenvalue weighted by molar-refractivity contribution is 0.627. The molecule has 3 nitrogen and oxygen atoms in total. The number of hydrogen-bond donors (Lipinski definition) is 1. The molecule has 1 aromatic carbocycles. The number of aryl methyl sites for hydroxylation is 1. The molecule has 4 heteroatoms. The second-order valence-electron chi connectivity index (χ2n) is 2.05. The topological polar surface area (TPSA) is 60.2 Å². The van der Waals surface area contributed by atoms with Gasteiger partial charge >= 0.3 is 0 Å². The summed E-state index contributed by atoms with van der Waals surface area (Å²) in [7, 11) is -2.17. The number of rotatable bonds is 0. The van der Waals surface area contributed by atoms with E-state index in [1.165, 1.54) is 5.56 Å². The van der Waals surface area contributed by atoms with Gasteiger partial charge in [-0.25, -0.2) is 0 Å². The Kier molecular flexibility index (Phi) is 5.95. The highest BCUT2D eigenvalue weighted by atomic mass is 32.2. The molecule has 66 valence electrons. The van der Waals surface area contributed by atoms with Crippen molar-refractivity contribution < 1.29 is 8.42 Å². The van der Waals surface area contributed by atoms with Gasteiger partial charge in [-0.1, -0.05) is 35.9 Å². The molecule has 2 N–H and O–H groups in total. The average molecular weight is 185 g/mol. The van der Waals surface area contributed by atoms with Crippen LogP contribution in [0.15, 0.2) is 30.3 Å². The van der Waals surface area contributed by atoms with E-state index in [-0.39, 0.29) is 0 Å². The second-order valence-corrected chi connectivity index (χ2v) is 2.84. The summed E-state index contributed by atoms with van der Waals surface area (Å²) in [6.07, 6.45) is 0. The molecule has 0 saturated carbocycles. The summed E-state index contributed by atoms with van der Waals surface area (Å²) in [5.41, 5.74) is 6.34. The Morgan fingerprint density at radius 2 is 1.67 bits per heavy atom. The fraction of sp³-hybridized carbons (Fsp3) is 0.125. The monoisotopic (exact) mass is 185 g/mol. The van der Waals surface area contributed by atoms with Gasteiger partial charge in [-0.2, -0.15) is 8.42 Å². The summed E-state index contributed by atoms with van der Waals surface area (Å²) in [6, 6.07) is 10.3. The van der Waals surface area contributed by atoms with Crippen LogP contribution < -0.4 is 5.73 Å². The first-order chi connectivity index (χ1) is 5.66. The van der Waals surface area contributed by atoms with E-state index in [0.29, 0.717) is 5.49 Å². The van der Waals surface area contributed by atoms with Crippen LogP contribution in [-0.2, 0) is 10.3 Å². The van der Waals surface area contributed by atoms with Crippen molar-refractivity contribution in [1.82, 2.24) is 0 Å². The zero-order chi connectivity index (χ0) is 9.40. The molecule has 0 aliphatic heterocycles. The van der Waals surface area contributed by atoms with E-state index in [4.69, 9.17) is 0 Å². The minimum absolute atomic E-state index is 0.583. The maximum atomic E-state index is 9.19. The predicted octanol–water partition coefficient (Wildman–Crippen LogP) is 0.579. The molecular weight excluding hydrogens is 174 g/mol. The van der Waals surface area contributed by atoms with Gasteiger partial charge in [-0.3, -0.25) is 5.73 Å². The molecule has 12 heavy (non-hydrogen) atoms. The maximum absolute atomic E-state index is 9.19. The van der Waals surface area contributed by atoms with Crippen molar-refractivity contribution in [2.24, 2.45) is 5.73 Å². The minimum Gasteiger partial charge on any atom is -0.296 e. The van der Waals surface area contributed by atoms with Gasteiger partial charge < -0.3 is 0 Å². The number of nitrogens with two attached hydrogens (primary N) is 1. The summed E-state index contributed by atoms with van der Waals surface area (Å²) >= 11 is 0. The van der Waals surface area contributed by atoms with Gasteiger partial charge in [-0.15, -0.1) is 0 Å². The first kappa shape index (κ1) is 10.9. The Bertz CT molecular complexity index is 321. The lowest BCUT2D eigenvalue weighted by atomic mass is 10.2. The van der Waals surface area contributed by atoms with Crippen LogP contribution in [-0.4, -0.2) is 13.9 Å². The Morgan fingerprint density at radius 1 is 1.25 bits per heavy atom. The van der Waals surface area contributed by atoms with Crippen molar-refractivity contribution in [3.8, 4) is 0 Å². The van der Waals surface area contributed by atoms with Gasteiger partial charge in [-0.05, 0) is 6.92 Å². The second kappa shape index (κ2) is 6.57. The van der Waals surface area contributed by atoms with E-state index in [1.807, 2.05) is 18.2 Å². The van der Waals surface area contributed by atoms with Crippen LogP contribution in [0.2, 0.25) is 0 Å². The maximum Gasteiger partial charge on any atom is 0.224 e.